The zero-order chi connectivity index (χ0) is 19.4. The van der Waals surface area contributed by atoms with Crippen molar-refractivity contribution in [3.05, 3.63) is 71.9 Å². The predicted molar refractivity (Wildman–Crippen MR) is 111 cm³/mol. The van der Waals surface area contributed by atoms with Crippen molar-refractivity contribution in [1.29, 1.82) is 5.41 Å². The van der Waals surface area contributed by atoms with E-state index in [-0.39, 0.29) is 5.75 Å². The summed E-state index contributed by atoms with van der Waals surface area (Å²) in [6.07, 6.45) is 1.95. The molecular formula is C20H27ClN4O. The van der Waals surface area contributed by atoms with Gasteiger partial charge in [-0.1, -0.05) is 42.4 Å². The quantitative estimate of drug-likeness (QED) is 0.485. The molecule has 0 bridgehead atoms. The van der Waals surface area contributed by atoms with Gasteiger partial charge in [-0.15, -0.1) is 0 Å². The van der Waals surface area contributed by atoms with Crippen molar-refractivity contribution in [2.24, 2.45) is 11.7 Å². The molecule has 1 fully saturated rings. The Morgan fingerprint density at radius 2 is 1.96 bits per heavy atom. The Kier molecular flexibility index (Phi) is 9.72. The number of hydrogen-bond donors (Lipinski definition) is 4. The van der Waals surface area contributed by atoms with Crippen LogP contribution in [-0.2, 0) is 0 Å². The van der Waals surface area contributed by atoms with E-state index in [2.05, 4.69) is 52.9 Å². The highest BCUT2D eigenvalue weighted by Crippen LogP contribution is 2.26. The van der Waals surface area contributed by atoms with E-state index in [1.165, 1.54) is 18.2 Å². The summed E-state index contributed by atoms with van der Waals surface area (Å²) in [6, 6.07) is 17.1. The SMILES string of the molecule is C=C(NC)C1CCN(c2ccccc2)C1.N=CN.Oc1cccc(Cl)c1. The molecule has 5 N–H and O–H groups in total. The Morgan fingerprint density at radius 3 is 2.46 bits per heavy atom. The lowest BCUT2D eigenvalue weighted by atomic mass is 10.1. The number of rotatable bonds is 3. The number of aromatic hydroxyl groups is 1. The molecule has 1 atom stereocenters. The molecule has 0 saturated carbocycles. The lowest BCUT2D eigenvalue weighted by Gasteiger charge is -2.19. The van der Waals surface area contributed by atoms with E-state index in [1.807, 2.05) is 7.05 Å². The molecule has 2 aromatic rings. The molecule has 1 saturated heterocycles. The van der Waals surface area contributed by atoms with Gasteiger partial charge in [0.25, 0.3) is 0 Å². The van der Waals surface area contributed by atoms with Crippen LogP contribution in [-0.4, -0.2) is 31.6 Å². The number of para-hydroxylation sites is 1. The van der Waals surface area contributed by atoms with Gasteiger partial charge in [0.1, 0.15) is 5.75 Å². The summed E-state index contributed by atoms with van der Waals surface area (Å²) in [5.74, 6) is 0.799. The Labute approximate surface area is 160 Å². The molecule has 0 amide bonds. The van der Waals surface area contributed by atoms with E-state index in [9.17, 15) is 0 Å². The number of phenols is 1. The number of phenolic OH excluding ortho intramolecular Hbond substituents is 1. The first-order valence-corrected chi connectivity index (χ1v) is 8.71. The third-order valence-corrected chi connectivity index (χ3v) is 4.17. The number of nitrogens with zero attached hydrogens (tertiary/aromatic N) is 1. The smallest absolute Gasteiger partial charge is 0.117 e. The normalized spacial score (nSPS) is 15.0. The number of benzene rings is 2. The van der Waals surface area contributed by atoms with Gasteiger partial charge in [-0.05, 0) is 36.8 Å². The van der Waals surface area contributed by atoms with E-state index in [1.54, 1.807) is 18.2 Å². The lowest BCUT2D eigenvalue weighted by molar-refractivity contribution is 0.475. The van der Waals surface area contributed by atoms with Crippen molar-refractivity contribution in [2.75, 3.05) is 25.0 Å². The number of halogens is 1. The van der Waals surface area contributed by atoms with Gasteiger partial charge in [0.2, 0.25) is 0 Å². The van der Waals surface area contributed by atoms with Crippen LogP contribution in [0, 0.1) is 11.3 Å². The zero-order valence-corrected chi connectivity index (χ0v) is 15.8. The van der Waals surface area contributed by atoms with E-state index < -0.39 is 0 Å². The van der Waals surface area contributed by atoms with Crippen LogP contribution in [0.2, 0.25) is 5.02 Å². The number of nitrogens with one attached hydrogen (secondary N) is 2. The molecule has 1 aliphatic rings. The van der Waals surface area contributed by atoms with Gasteiger partial charge in [0, 0.05) is 42.5 Å². The van der Waals surface area contributed by atoms with Crippen molar-refractivity contribution in [3.63, 3.8) is 0 Å². The van der Waals surface area contributed by atoms with Gasteiger partial charge in [0.05, 0.1) is 6.34 Å². The summed E-state index contributed by atoms with van der Waals surface area (Å²) in [5.41, 5.74) is 6.87. The number of hydrogen-bond acceptors (Lipinski definition) is 4. The topological polar surface area (TPSA) is 85.4 Å². The van der Waals surface area contributed by atoms with Crippen molar-refractivity contribution in [1.82, 2.24) is 5.32 Å². The fraction of sp³-hybridized carbons (Fsp3) is 0.250. The van der Waals surface area contributed by atoms with Crippen LogP contribution in [0.3, 0.4) is 0 Å². The maximum atomic E-state index is 8.73. The summed E-state index contributed by atoms with van der Waals surface area (Å²) in [7, 11) is 1.95. The summed E-state index contributed by atoms with van der Waals surface area (Å²) < 4.78 is 0. The van der Waals surface area contributed by atoms with E-state index in [0.29, 0.717) is 10.9 Å². The Balaban J connectivity index is 0.000000258. The maximum Gasteiger partial charge on any atom is 0.117 e. The molecule has 140 valence electrons. The average molecular weight is 375 g/mol. The predicted octanol–water partition coefficient (Wildman–Crippen LogP) is 3.84. The highest BCUT2D eigenvalue weighted by Gasteiger charge is 2.23. The average Bonchev–Trinajstić information content (AvgIpc) is 3.13. The summed E-state index contributed by atoms with van der Waals surface area (Å²) in [6.45, 7) is 6.27. The van der Waals surface area contributed by atoms with Gasteiger partial charge >= 0.3 is 0 Å². The standard InChI is InChI=1S/C13H18N2.C6H5ClO.CH4N2/c1-11(14-2)12-8-9-15(10-12)13-6-4-3-5-7-13;7-5-2-1-3-6(8)4-5;2-1-3/h3-7,12,14H,1,8-10H2,2H3;1-4,8H;1H,(H3,2,3). The minimum absolute atomic E-state index is 0.206. The Morgan fingerprint density at radius 1 is 1.31 bits per heavy atom. The fourth-order valence-corrected chi connectivity index (χ4v) is 2.78. The summed E-state index contributed by atoms with van der Waals surface area (Å²) >= 11 is 5.48. The molecule has 6 heteroatoms. The van der Waals surface area contributed by atoms with Crippen LogP contribution in [0.4, 0.5) is 5.69 Å². The van der Waals surface area contributed by atoms with Gasteiger partial charge in [-0.25, -0.2) is 0 Å². The van der Waals surface area contributed by atoms with Crippen molar-refractivity contribution in [2.45, 2.75) is 6.42 Å². The second-order valence-corrected chi connectivity index (χ2v) is 6.13. The van der Waals surface area contributed by atoms with Crippen LogP contribution in [0.25, 0.3) is 0 Å². The Bertz CT molecular complexity index is 661. The first-order chi connectivity index (χ1) is 12.5. The first kappa shape index (κ1) is 21.4. The monoisotopic (exact) mass is 374 g/mol. The molecule has 3 rings (SSSR count). The number of nitrogens with two attached hydrogens (primary N) is 1. The van der Waals surface area contributed by atoms with Crippen LogP contribution in [0.15, 0.2) is 66.9 Å². The van der Waals surface area contributed by atoms with Crippen LogP contribution in [0.5, 0.6) is 5.75 Å². The second kappa shape index (κ2) is 11.8. The zero-order valence-electron chi connectivity index (χ0n) is 15.0. The molecular weight excluding hydrogens is 348 g/mol. The molecule has 0 spiro atoms. The molecule has 2 aromatic carbocycles. The fourth-order valence-electron chi connectivity index (χ4n) is 2.60. The molecule has 0 aliphatic carbocycles. The molecule has 1 heterocycles. The molecule has 5 nitrogen and oxygen atoms in total. The van der Waals surface area contributed by atoms with Gasteiger partial charge < -0.3 is 21.1 Å². The molecule has 0 aromatic heterocycles. The van der Waals surface area contributed by atoms with Gasteiger partial charge in [0.15, 0.2) is 0 Å². The third kappa shape index (κ3) is 7.49. The highest BCUT2D eigenvalue weighted by molar-refractivity contribution is 6.30. The van der Waals surface area contributed by atoms with Crippen molar-refractivity contribution >= 4 is 23.6 Å². The van der Waals surface area contributed by atoms with Crippen LogP contribution < -0.4 is 16.0 Å². The van der Waals surface area contributed by atoms with Crippen molar-refractivity contribution in [3.8, 4) is 5.75 Å². The second-order valence-electron chi connectivity index (χ2n) is 5.69. The Hall–Kier alpha value is -2.66. The molecule has 0 radical (unpaired) electrons. The highest BCUT2D eigenvalue weighted by atomic mass is 35.5. The molecule has 1 aliphatic heterocycles. The third-order valence-electron chi connectivity index (χ3n) is 3.93. The minimum atomic E-state index is 0.206. The van der Waals surface area contributed by atoms with E-state index in [4.69, 9.17) is 22.1 Å². The van der Waals surface area contributed by atoms with E-state index >= 15 is 0 Å². The van der Waals surface area contributed by atoms with Crippen LogP contribution in [0.1, 0.15) is 6.42 Å². The van der Waals surface area contributed by atoms with Gasteiger partial charge in [-0.3, -0.25) is 5.41 Å². The van der Waals surface area contributed by atoms with Gasteiger partial charge in [-0.2, -0.15) is 0 Å². The summed E-state index contributed by atoms with van der Waals surface area (Å²) in [4.78, 5) is 2.42. The van der Waals surface area contributed by atoms with Crippen LogP contribution >= 0.6 is 11.6 Å². The molecule has 26 heavy (non-hydrogen) atoms. The van der Waals surface area contributed by atoms with Crippen molar-refractivity contribution < 1.29 is 5.11 Å². The number of anilines is 1. The maximum absolute atomic E-state index is 8.73. The lowest BCUT2D eigenvalue weighted by Crippen LogP contribution is -2.22. The minimum Gasteiger partial charge on any atom is -0.508 e. The summed E-state index contributed by atoms with van der Waals surface area (Å²) in [5, 5.41) is 18.3. The van der Waals surface area contributed by atoms with E-state index in [0.717, 1.165) is 25.1 Å². The first-order valence-electron chi connectivity index (χ1n) is 8.33. The molecule has 1 unspecified atom stereocenters. The largest absolute Gasteiger partial charge is 0.508 e.